The maximum Gasteiger partial charge on any atom is 0.409 e. The van der Waals surface area contributed by atoms with Gasteiger partial charge in [-0.25, -0.2) is 4.79 Å². The molecule has 0 aliphatic carbocycles. The van der Waals surface area contributed by atoms with Gasteiger partial charge in [-0.15, -0.1) is 0 Å². The number of ether oxygens (including phenoxy) is 1. The molecule has 1 atom stereocenters. The highest BCUT2D eigenvalue weighted by molar-refractivity contribution is 5.83. The van der Waals surface area contributed by atoms with Gasteiger partial charge in [0.15, 0.2) is 0 Å². The van der Waals surface area contributed by atoms with Crippen molar-refractivity contribution in [2.24, 2.45) is 0 Å². The van der Waals surface area contributed by atoms with Crippen molar-refractivity contribution < 1.29 is 14.6 Å². The van der Waals surface area contributed by atoms with Gasteiger partial charge in [-0.1, -0.05) is 36.4 Å². The van der Waals surface area contributed by atoms with Gasteiger partial charge in [0.05, 0.1) is 6.61 Å². The predicted octanol–water partition coefficient (Wildman–Crippen LogP) is 3.30. The van der Waals surface area contributed by atoms with Crippen molar-refractivity contribution in [3.63, 3.8) is 0 Å². The molecule has 0 bridgehead atoms. The molecule has 1 aliphatic heterocycles. The average molecular weight is 255 g/mol. The number of nitrogens with one attached hydrogen (secondary N) is 1. The van der Waals surface area contributed by atoms with Crippen molar-refractivity contribution >= 4 is 11.8 Å². The first-order chi connectivity index (χ1) is 9.24. The second-order valence-corrected chi connectivity index (χ2v) is 4.46. The molecule has 0 aromatic heterocycles. The number of hydrogen-bond donors (Lipinski definition) is 2. The topological polar surface area (TPSA) is 58.6 Å². The van der Waals surface area contributed by atoms with Crippen LogP contribution in [0.4, 0.5) is 10.5 Å². The Hall–Kier alpha value is -2.49. The van der Waals surface area contributed by atoms with Crippen molar-refractivity contribution in [1.82, 2.24) is 0 Å². The van der Waals surface area contributed by atoms with E-state index < -0.39 is 6.09 Å². The van der Waals surface area contributed by atoms with Gasteiger partial charge in [0, 0.05) is 23.2 Å². The highest BCUT2D eigenvalue weighted by Gasteiger charge is 2.25. The van der Waals surface area contributed by atoms with Crippen molar-refractivity contribution in [2.45, 2.75) is 5.92 Å². The normalized spacial score (nSPS) is 16.5. The van der Waals surface area contributed by atoms with Crippen molar-refractivity contribution in [2.75, 3.05) is 11.9 Å². The van der Waals surface area contributed by atoms with Crippen LogP contribution in [0, 0.1) is 0 Å². The van der Waals surface area contributed by atoms with Crippen LogP contribution >= 0.6 is 0 Å². The highest BCUT2D eigenvalue weighted by Crippen LogP contribution is 2.39. The Morgan fingerprint density at radius 3 is 2.74 bits per heavy atom. The lowest BCUT2D eigenvalue weighted by Gasteiger charge is -2.09. The Morgan fingerprint density at radius 1 is 1.21 bits per heavy atom. The fraction of sp³-hybridized carbons (Fsp3) is 0.133. The Balaban J connectivity index is 1.92. The standard InChI is InChI=1S/C15H13NO3/c17-15(18)16-11-6-7-12-13(9-19-14(12)8-11)10-4-2-1-3-5-10/h1-8,13,16H,9H2,(H,17,18)/t13-/m0/s1. The molecule has 0 fully saturated rings. The van der Waals surface area contributed by atoms with Crippen molar-refractivity contribution in [3.8, 4) is 5.75 Å². The number of anilines is 1. The summed E-state index contributed by atoms with van der Waals surface area (Å²) in [5.41, 5.74) is 2.84. The van der Waals surface area contributed by atoms with Crippen LogP contribution in [0.2, 0.25) is 0 Å². The third-order valence-corrected chi connectivity index (χ3v) is 3.25. The van der Waals surface area contributed by atoms with Gasteiger partial charge in [0.1, 0.15) is 5.75 Å². The summed E-state index contributed by atoms with van der Waals surface area (Å²) in [6.07, 6.45) is -1.07. The molecule has 3 rings (SSSR count). The van der Waals surface area contributed by atoms with Crippen LogP contribution in [0.25, 0.3) is 0 Å². The largest absolute Gasteiger partial charge is 0.492 e. The Kier molecular flexibility index (Phi) is 2.83. The van der Waals surface area contributed by atoms with Crippen LogP contribution in [0.1, 0.15) is 17.0 Å². The molecular weight excluding hydrogens is 242 g/mol. The summed E-state index contributed by atoms with van der Waals surface area (Å²) in [6.45, 7) is 0.593. The minimum absolute atomic E-state index is 0.218. The molecule has 1 aliphatic rings. The lowest BCUT2D eigenvalue weighted by atomic mass is 9.93. The average Bonchev–Trinajstić information content (AvgIpc) is 2.82. The summed E-state index contributed by atoms with van der Waals surface area (Å²) in [5.74, 6) is 0.968. The molecule has 2 aromatic rings. The van der Waals surface area contributed by atoms with Crippen LogP contribution in [-0.4, -0.2) is 17.8 Å². The van der Waals surface area contributed by atoms with E-state index in [0.29, 0.717) is 12.3 Å². The van der Waals surface area contributed by atoms with Gasteiger partial charge in [-0.05, 0) is 11.6 Å². The van der Waals surface area contributed by atoms with Crippen LogP contribution < -0.4 is 10.1 Å². The monoisotopic (exact) mass is 255 g/mol. The minimum Gasteiger partial charge on any atom is -0.492 e. The molecule has 1 heterocycles. The third-order valence-electron chi connectivity index (χ3n) is 3.25. The fourth-order valence-electron chi connectivity index (χ4n) is 2.37. The van der Waals surface area contributed by atoms with Gasteiger partial charge in [0.2, 0.25) is 0 Å². The van der Waals surface area contributed by atoms with Gasteiger partial charge < -0.3 is 9.84 Å². The van der Waals surface area contributed by atoms with Crippen LogP contribution in [0.5, 0.6) is 5.75 Å². The zero-order chi connectivity index (χ0) is 13.2. The summed E-state index contributed by atoms with van der Waals surface area (Å²) >= 11 is 0. The molecule has 4 nitrogen and oxygen atoms in total. The second kappa shape index (κ2) is 4.65. The molecule has 2 aromatic carbocycles. The molecule has 0 saturated heterocycles. The molecule has 2 N–H and O–H groups in total. The highest BCUT2D eigenvalue weighted by atomic mass is 16.5. The summed E-state index contributed by atoms with van der Waals surface area (Å²) in [7, 11) is 0. The quantitative estimate of drug-likeness (QED) is 0.865. The minimum atomic E-state index is -1.07. The summed E-state index contributed by atoms with van der Waals surface area (Å²) in [4.78, 5) is 10.6. The van der Waals surface area contributed by atoms with E-state index in [4.69, 9.17) is 9.84 Å². The van der Waals surface area contributed by atoms with E-state index in [1.165, 1.54) is 5.56 Å². The number of benzene rings is 2. The lowest BCUT2D eigenvalue weighted by Crippen LogP contribution is -2.07. The smallest absolute Gasteiger partial charge is 0.409 e. The molecular formula is C15H13NO3. The van der Waals surface area contributed by atoms with Gasteiger partial charge >= 0.3 is 6.09 Å². The van der Waals surface area contributed by atoms with Gasteiger partial charge in [-0.3, -0.25) is 5.32 Å². The van der Waals surface area contributed by atoms with E-state index in [-0.39, 0.29) is 5.92 Å². The zero-order valence-electron chi connectivity index (χ0n) is 10.2. The van der Waals surface area contributed by atoms with Crippen LogP contribution in [0.15, 0.2) is 48.5 Å². The second-order valence-electron chi connectivity index (χ2n) is 4.46. The molecule has 0 radical (unpaired) electrons. The molecule has 1 amide bonds. The van der Waals surface area contributed by atoms with E-state index in [1.807, 2.05) is 24.3 Å². The lowest BCUT2D eigenvalue weighted by molar-refractivity contribution is 0.209. The van der Waals surface area contributed by atoms with Crippen LogP contribution in [-0.2, 0) is 0 Å². The molecule has 96 valence electrons. The molecule has 0 saturated carbocycles. The number of fused-ring (bicyclic) bond motifs is 1. The number of rotatable bonds is 2. The number of amides is 1. The van der Waals surface area contributed by atoms with Crippen molar-refractivity contribution in [3.05, 3.63) is 59.7 Å². The zero-order valence-corrected chi connectivity index (χ0v) is 10.2. The first kappa shape index (κ1) is 11.6. The van der Waals surface area contributed by atoms with E-state index in [9.17, 15) is 4.79 Å². The predicted molar refractivity (Wildman–Crippen MR) is 71.9 cm³/mol. The third kappa shape index (κ3) is 2.25. The summed E-state index contributed by atoms with van der Waals surface area (Å²) in [5, 5.41) is 11.0. The number of carbonyl (C=O) groups is 1. The Labute approximate surface area is 110 Å². The maximum atomic E-state index is 10.6. The summed E-state index contributed by atoms with van der Waals surface area (Å²) in [6, 6.07) is 15.6. The van der Waals surface area contributed by atoms with Gasteiger partial charge in [0.25, 0.3) is 0 Å². The van der Waals surface area contributed by atoms with Crippen LogP contribution in [0.3, 0.4) is 0 Å². The van der Waals surface area contributed by atoms with E-state index in [2.05, 4.69) is 17.4 Å². The van der Waals surface area contributed by atoms with E-state index in [0.717, 1.165) is 11.3 Å². The molecule has 4 heteroatoms. The van der Waals surface area contributed by atoms with E-state index >= 15 is 0 Å². The SMILES string of the molecule is O=C(O)Nc1ccc2c(c1)OC[C@H]2c1ccccc1. The summed E-state index contributed by atoms with van der Waals surface area (Å²) < 4.78 is 5.65. The molecule has 0 unspecified atom stereocenters. The molecule has 0 spiro atoms. The van der Waals surface area contributed by atoms with Crippen molar-refractivity contribution in [1.29, 1.82) is 0 Å². The first-order valence-corrected chi connectivity index (χ1v) is 6.05. The first-order valence-electron chi connectivity index (χ1n) is 6.05. The van der Waals surface area contributed by atoms with E-state index in [1.54, 1.807) is 12.1 Å². The maximum absolute atomic E-state index is 10.6. The molecule has 19 heavy (non-hydrogen) atoms. The fourth-order valence-corrected chi connectivity index (χ4v) is 2.37. The Morgan fingerprint density at radius 2 is 2.00 bits per heavy atom. The Bertz CT molecular complexity index is 610. The number of carboxylic acid groups (broad SMARTS) is 1. The van der Waals surface area contributed by atoms with Gasteiger partial charge in [-0.2, -0.15) is 0 Å². The number of hydrogen-bond acceptors (Lipinski definition) is 2.